The second kappa shape index (κ2) is 6.10. The van der Waals surface area contributed by atoms with E-state index in [0.29, 0.717) is 36.2 Å². The van der Waals surface area contributed by atoms with E-state index in [4.69, 9.17) is 14.9 Å². The van der Waals surface area contributed by atoms with Gasteiger partial charge in [-0.05, 0) is 19.1 Å². The molecule has 0 bridgehead atoms. The summed E-state index contributed by atoms with van der Waals surface area (Å²) < 4.78 is 10.7. The van der Waals surface area contributed by atoms with Crippen LogP contribution in [0.4, 0.5) is 5.69 Å². The number of hydrogen-bond acceptors (Lipinski definition) is 5. The number of aromatic nitrogens is 1. The van der Waals surface area contributed by atoms with Gasteiger partial charge in [0.1, 0.15) is 12.4 Å². The molecule has 0 aliphatic carbocycles. The van der Waals surface area contributed by atoms with E-state index in [2.05, 4.69) is 10.3 Å². The number of hydrogen-bond donors (Lipinski definition) is 2. The first-order valence-corrected chi connectivity index (χ1v) is 6.27. The minimum Gasteiger partial charge on any atom is -0.490 e. The Bertz CT molecular complexity index is 607. The summed E-state index contributed by atoms with van der Waals surface area (Å²) in [6.07, 6.45) is 0. The van der Waals surface area contributed by atoms with Crippen molar-refractivity contribution in [2.24, 2.45) is 0 Å². The van der Waals surface area contributed by atoms with Gasteiger partial charge in [0.15, 0.2) is 5.89 Å². The lowest BCUT2D eigenvalue weighted by Crippen LogP contribution is -2.28. The highest BCUT2D eigenvalue weighted by Gasteiger charge is 2.15. The number of anilines is 1. The molecular weight excluding hydrogens is 258 g/mol. The van der Waals surface area contributed by atoms with E-state index >= 15 is 0 Å². The molecule has 106 valence electrons. The number of oxazole rings is 1. The van der Waals surface area contributed by atoms with Crippen LogP contribution in [-0.4, -0.2) is 24.0 Å². The molecule has 6 heteroatoms. The van der Waals surface area contributed by atoms with E-state index in [0.717, 1.165) is 0 Å². The Morgan fingerprint density at radius 2 is 2.15 bits per heavy atom. The Hall–Kier alpha value is -2.50. The highest BCUT2D eigenvalue weighted by Crippen LogP contribution is 2.19. The summed E-state index contributed by atoms with van der Waals surface area (Å²) in [6.45, 7) is 4.11. The van der Waals surface area contributed by atoms with Gasteiger partial charge in [0.05, 0.1) is 17.9 Å². The fraction of sp³-hybridized carbons (Fsp3) is 0.286. The number of nitrogen functional groups attached to an aromatic ring is 1. The smallest absolute Gasteiger partial charge is 0.289 e. The molecule has 1 aromatic carbocycles. The van der Waals surface area contributed by atoms with Crippen molar-refractivity contribution in [2.75, 3.05) is 18.9 Å². The third-order valence-electron chi connectivity index (χ3n) is 2.67. The summed E-state index contributed by atoms with van der Waals surface area (Å²) in [5, 5.41) is 2.70. The van der Waals surface area contributed by atoms with E-state index in [-0.39, 0.29) is 11.7 Å². The third kappa shape index (κ3) is 3.28. The number of rotatable bonds is 5. The van der Waals surface area contributed by atoms with Crippen LogP contribution in [0.25, 0.3) is 0 Å². The van der Waals surface area contributed by atoms with Gasteiger partial charge in [0.2, 0.25) is 5.76 Å². The van der Waals surface area contributed by atoms with Gasteiger partial charge < -0.3 is 20.2 Å². The van der Waals surface area contributed by atoms with Gasteiger partial charge in [0.25, 0.3) is 5.91 Å². The van der Waals surface area contributed by atoms with Crippen LogP contribution in [0.1, 0.15) is 22.1 Å². The van der Waals surface area contributed by atoms with Crippen molar-refractivity contribution in [1.82, 2.24) is 10.3 Å². The number of benzene rings is 1. The Morgan fingerprint density at radius 3 is 2.80 bits per heavy atom. The Balaban J connectivity index is 1.80. The number of aryl methyl sites for hydroxylation is 2. The molecule has 0 saturated heterocycles. The molecule has 1 heterocycles. The summed E-state index contributed by atoms with van der Waals surface area (Å²) in [6, 6.07) is 7.21. The van der Waals surface area contributed by atoms with Crippen LogP contribution in [0.2, 0.25) is 0 Å². The predicted molar refractivity (Wildman–Crippen MR) is 74.7 cm³/mol. The third-order valence-corrected chi connectivity index (χ3v) is 2.67. The zero-order valence-corrected chi connectivity index (χ0v) is 11.5. The van der Waals surface area contributed by atoms with Crippen LogP contribution in [0.5, 0.6) is 5.75 Å². The average Bonchev–Trinajstić information content (AvgIpc) is 2.75. The van der Waals surface area contributed by atoms with E-state index in [1.165, 1.54) is 0 Å². The lowest BCUT2D eigenvalue weighted by atomic mass is 10.3. The molecule has 1 aromatic heterocycles. The quantitative estimate of drug-likeness (QED) is 0.640. The van der Waals surface area contributed by atoms with Crippen molar-refractivity contribution in [1.29, 1.82) is 0 Å². The van der Waals surface area contributed by atoms with Crippen LogP contribution < -0.4 is 15.8 Å². The number of carbonyl (C=O) groups excluding carboxylic acids is 1. The molecule has 0 fully saturated rings. The fourth-order valence-electron chi connectivity index (χ4n) is 1.76. The van der Waals surface area contributed by atoms with Crippen LogP contribution in [0, 0.1) is 13.8 Å². The van der Waals surface area contributed by atoms with Crippen molar-refractivity contribution in [3.8, 4) is 5.75 Å². The molecule has 2 aromatic rings. The summed E-state index contributed by atoms with van der Waals surface area (Å²) in [4.78, 5) is 15.9. The van der Waals surface area contributed by atoms with Crippen LogP contribution in [-0.2, 0) is 0 Å². The number of carbonyl (C=O) groups is 1. The number of amides is 1. The van der Waals surface area contributed by atoms with Gasteiger partial charge in [-0.15, -0.1) is 0 Å². The highest BCUT2D eigenvalue weighted by atomic mass is 16.5. The zero-order chi connectivity index (χ0) is 14.5. The average molecular weight is 275 g/mol. The second-order valence-electron chi connectivity index (χ2n) is 4.29. The Labute approximate surface area is 116 Å². The van der Waals surface area contributed by atoms with Crippen LogP contribution >= 0.6 is 0 Å². The van der Waals surface area contributed by atoms with E-state index in [1.54, 1.807) is 26.0 Å². The first kappa shape index (κ1) is 13.9. The van der Waals surface area contributed by atoms with Crippen molar-refractivity contribution >= 4 is 11.6 Å². The Kier molecular flexibility index (Phi) is 4.24. The highest BCUT2D eigenvalue weighted by molar-refractivity contribution is 5.92. The van der Waals surface area contributed by atoms with Crippen LogP contribution in [0.15, 0.2) is 28.7 Å². The van der Waals surface area contributed by atoms with Crippen molar-refractivity contribution in [3.05, 3.63) is 41.6 Å². The van der Waals surface area contributed by atoms with Gasteiger partial charge in [-0.3, -0.25) is 4.79 Å². The number of nitrogens with two attached hydrogens (primary N) is 1. The predicted octanol–water partition coefficient (Wildman–Crippen LogP) is 1.68. The Morgan fingerprint density at radius 1 is 1.40 bits per heavy atom. The summed E-state index contributed by atoms with van der Waals surface area (Å²) >= 11 is 0. The molecule has 3 N–H and O–H groups in total. The van der Waals surface area contributed by atoms with E-state index in [9.17, 15) is 4.79 Å². The molecule has 6 nitrogen and oxygen atoms in total. The number of para-hydroxylation sites is 2. The van der Waals surface area contributed by atoms with E-state index in [1.807, 2.05) is 12.1 Å². The lowest BCUT2D eigenvalue weighted by molar-refractivity contribution is 0.0917. The SMILES string of the molecule is Cc1nc(C)c(C(=O)NCCOc2ccccc2N)o1. The first-order valence-electron chi connectivity index (χ1n) is 6.27. The standard InChI is InChI=1S/C14H17N3O3/c1-9-13(20-10(2)17-9)14(18)16-7-8-19-12-6-4-3-5-11(12)15/h3-6H,7-8,15H2,1-2H3,(H,16,18). The first-order chi connectivity index (χ1) is 9.58. The zero-order valence-electron chi connectivity index (χ0n) is 11.5. The summed E-state index contributed by atoms with van der Waals surface area (Å²) in [7, 11) is 0. The number of ether oxygens (including phenoxy) is 1. The van der Waals surface area contributed by atoms with Gasteiger partial charge in [0, 0.05) is 6.92 Å². The minimum absolute atomic E-state index is 0.238. The minimum atomic E-state index is -0.298. The number of nitrogens with zero attached hydrogens (tertiary/aromatic N) is 1. The molecule has 0 unspecified atom stereocenters. The van der Waals surface area contributed by atoms with Crippen molar-refractivity contribution < 1.29 is 13.9 Å². The van der Waals surface area contributed by atoms with Gasteiger partial charge in [-0.2, -0.15) is 0 Å². The monoisotopic (exact) mass is 275 g/mol. The van der Waals surface area contributed by atoms with Crippen LogP contribution in [0.3, 0.4) is 0 Å². The lowest BCUT2D eigenvalue weighted by Gasteiger charge is -2.08. The topological polar surface area (TPSA) is 90.4 Å². The summed E-state index contributed by atoms with van der Waals surface area (Å²) in [5.74, 6) is 1.02. The molecule has 1 amide bonds. The molecule has 2 rings (SSSR count). The van der Waals surface area contributed by atoms with Gasteiger partial charge in [-0.1, -0.05) is 12.1 Å². The maximum absolute atomic E-state index is 11.8. The second-order valence-corrected chi connectivity index (χ2v) is 4.29. The molecule has 0 radical (unpaired) electrons. The summed E-state index contributed by atoms with van der Waals surface area (Å²) in [5.41, 5.74) is 6.89. The maximum Gasteiger partial charge on any atom is 0.289 e. The maximum atomic E-state index is 11.8. The van der Waals surface area contributed by atoms with Crippen molar-refractivity contribution in [2.45, 2.75) is 13.8 Å². The largest absolute Gasteiger partial charge is 0.490 e. The van der Waals surface area contributed by atoms with E-state index < -0.39 is 0 Å². The fourth-order valence-corrected chi connectivity index (χ4v) is 1.76. The molecule has 0 atom stereocenters. The van der Waals surface area contributed by atoms with Crippen molar-refractivity contribution in [3.63, 3.8) is 0 Å². The molecule has 0 aliphatic rings. The molecule has 0 spiro atoms. The van der Waals surface area contributed by atoms with Gasteiger partial charge >= 0.3 is 0 Å². The number of nitrogens with one attached hydrogen (secondary N) is 1. The van der Waals surface area contributed by atoms with Gasteiger partial charge in [-0.25, -0.2) is 4.98 Å². The molecular formula is C14H17N3O3. The molecule has 0 aliphatic heterocycles. The molecule has 20 heavy (non-hydrogen) atoms. The molecule has 0 saturated carbocycles. The normalized spacial score (nSPS) is 10.3.